The zero-order valence-corrected chi connectivity index (χ0v) is 13.3. The molecule has 4 nitrogen and oxygen atoms in total. The third kappa shape index (κ3) is 3.01. The van der Waals surface area contributed by atoms with Gasteiger partial charge in [-0.1, -0.05) is 13.3 Å². The Morgan fingerprint density at radius 2 is 2.15 bits per heavy atom. The van der Waals surface area contributed by atoms with Crippen LogP contribution >= 0.6 is 0 Å². The molecule has 1 heterocycles. The second-order valence-corrected chi connectivity index (χ2v) is 6.24. The number of carbonyl (C=O) groups is 1. The SMILES string of the molecule is CCOC(=O)C1(NC)CCC(N2CCCCC2CC)C1. The van der Waals surface area contributed by atoms with Crippen LogP contribution in [0.15, 0.2) is 0 Å². The van der Waals surface area contributed by atoms with Gasteiger partial charge in [0.05, 0.1) is 6.61 Å². The van der Waals surface area contributed by atoms with Crippen molar-refractivity contribution >= 4 is 5.97 Å². The van der Waals surface area contributed by atoms with Crippen LogP contribution in [0.25, 0.3) is 0 Å². The first-order valence-corrected chi connectivity index (χ1v) is 8.28. The van der Waals surface area contributed by atoms with Crippen molar-refractivity contribution in [2.75, 3.05) is 20.2 Å². The minimum Gasteiger partial charge on any atom is -0.465 e. The molecule has 1 aliphatic carbocycles. The zero-order valence-electron chi connectivity index (χ0n) is 13.3. The van der Waals surface area contributed by atoms with Crippen LogP contribution < -0.4 is 5.32 Å². The third-order valence-corrected chi connectivity index (χ3v) is 5.25. The lowest BCUT2D eigenvalue weighted by Crippen LogP contribution is -2.52. The Morgan fingerprint density at radius 1 is 1.35 bits per heavy atom. The van der Waals surface area contributed by atoms with Crippen molar-refractivity contribution < 1.29 is 9.53 Å². The highest BCUT2D eigenvalue weighted by Gasteiger charge is 2.47. The fourth-order valence-electron chi connectivity index (χ4n) is 4.03. The van der Waals surface area contributed by atoms with Crippen LogP contribution in [0.4, 0.5) is 0 Å². The highest BCUT2D eigenvalue weighted by molar-refractivity contribution is 5.81. The van der Waals surface area contributed by atoms with Crippen molar-refractivity contribution in [2.24, 2.45) is 0 Å². The largest absolute Gasteiger partial charge is 0.465 e. The van der Waals surface area contributed by atoms with Gasteiger partial charge in [0.1, 0.15) is 5.54 Å². The summed E-state index contributed by atoms with van der Waals surface area (Å²) in [5.41, 5.74) is -0.448. The van der Waals surface area contributed by atoms with Gasteiger partial charge in [-0.05, 0) is 59.0 Å². The number of hydrogen-bond donors (Lipinski definition) is 1. The Kier molecular flexibility index (Phi) is 5.44. The number of nitrogens with one attached hydrogen (secondary N) is 1. The summed E-state index contributed by atoms with van der Waals surface area (Å²) in [7, 11) is 1.90. The van der Waals surface area contributed by atoms with E-state index in [9.17, 15) is 4.79 Å². The van der Waals surface area contributed by atoms with Crippen molar-refractivity contribution in [3.8, 4) is 0 Å². The van der Waals surface area contributed by atoms with E-state index < -0.39 is 5.54 Å². The molecule has 0 amide bonds. The molecule has 1 saturated heterocycles. The first-order chi connectivity index (χ1) is 9.66. The Balaban J connectivity index is 2.04. The lowest BCUT2D eigenvalue weighted by Gasteiger charge is -2.40. The summed E-state index contributed by atoms with van der Waals surface area (Å²) < 4.78 is 5.29. The second kappa shape index (κ2) is 6.90. The van der Waals surface area contributed by atoms with Crippen molar-refractivity contribution in [3.63, 3.8) is 0 Å². The Labute approximate surface area is 123 Å². The molecular formula is C16H30N2O2. The molecular weight excluding hydrogens is 252 g/mol. The summed E-state index contributed by atoms with van der Waals surface area (Å²) in [4.78, 5) is 14.9. The number of ether oxygens (including phenoxy) is 1. The van der Waals surface area contributed by atoms with E-state index in [1.807, 2.05) is 14.0 Å². The van der Waals surface area contributed by atoms with Gasteiger partial charge in [-0.2, -0.15) is 0 Å². The van der Waals surface area contributed by atoms with Gasteiger partial charge >= 0.3 is 5.97 Å². The summed E-state index contributed by atoms with van der Waals surface area (Å²) in [6.45, 7) is 5.83. The lowest BCUT2D eigenvalue weighted by molar-refractivity contribution is -0.151. The minimum absolute atomic E-state index is 0.0601. The van der Waals surface area contributed by atoms with Crippen molar-refractivity contribution in [1.82, 2.24) is 10.2 Å². The normalized spacial score (nSPS) is 35.1. The average molecular weight is 282 g/mol. The molecule has 0 bridgehead atoms. The molecule has 20 heavy (non-hydrogen) atoms. The molecule has 2 rings (SSSR count). The number of nitrogens with zero attached hydrogens (tertiary/aromatic N) is 1. The van der Waals surface area contributed by atoms with E-state index in [1.165, 1.54) is 32.2 Å². The smallest absolute Gasteiger partial charge is 0.326 e. The number of esters is 1. The fraction of sp³-hybridized carbons (Fsp3) is 0.938. The predicted octanol–water partition coefficient (Wildman–Crippen LogP) is 2.32. The number of likely N-dealkylation sites (N-methyl/N-ethyl adjacent to an activating group) is 1. The van der Waals surface area contributed by atoms with Crippen molar-refractivity contribution in [1.29, 1.82) is 0 Å². The number of carbonyl (C=O) groups excluding carboxylic acids is 1. The van der Waals surface area contributed by atoms with Crippen LogP contribution in [-0.2, 0) is 9.53 Å². The molecule has 1 N–H and O–H groups in total. The first kappa shape index (κ1) is 15.8. The molecule has 4 heteroatoms. The summed E-state index contributed by atoms with van der Waals surface area (Å²) in [5.74, 6) is -0.0601. The minimum atomic E-state index is -0.448. The molecule has 0 aromatic rings. The zero-order chi connectivity index (χ0) is 14.6. The first-order valence-electron chi connectivity index (χ1n) is 8.28. The maximum atomic E-state index is 12.3. The molecule has 116 valence electrons. The van der Waals surface area contributed by atoms with Gasteiger partial charge in [0, 0.05) is 12.1 Å². The Hall–Kier alpha value is -0.610. The monoisotopic (exact) mass is 282 g/mol. The molecule has 1 aliphatic heterocycles. The van der Waals surface area contributed by atoms with Crippen LogP contribution in [0.5, 0.6) is 0 Å². The van der Waals surface area contributed by atoms with Gasteiger partial charge in [-0.25, -0.2) is 0 Å². The topological polar surface area (TPSA) is 41.6 Å². The molecule has 0 radical (unpaired) electrons. The summed E-state index contributed by atoms with van der Waals surface area (Å²) in [6, 6.07) is 1.25. The average Bonchev–Trinajstić information content (AvgIpc) is 2.93. The molecule has 0 aromatic carbocycles. The quantitative estimate of drug-likeness (QED) is 0.786. The van der Waals surface area contributed by atoms with Crippen LogP contribution in [0.2, 0.25) is 0 Å². The lowest BCUT2D eigenvalue weighted by atomic mass is 9.94. The van der Waals surface area contributed by atoms with Crippen LogP contribution in [-0.4, -0.2) is 48.7 Å². The van der Waals surface area contributed by atoms with E-state index in [0.29, 0.717) is 18.7 Å². The third-order valence-electron chi connectivity index (χ3n) is 5.25. The standard InChI is InChI=1S/C16H30N2O2/c1-4-13-8-6-7-11-18(13)14-9-10-16(12-14,17-3)15(19)20-5-2/h13-14,17H,4-12H2,1-3H3. The van der Waals surface area contributed by atoms with Gasteiger partial charge in [-0.15, -0.1) is 0 Å². The molecule has 1 saturated carbocycles. The van der Waals surface area contributed by atoms with Gasteiger partial charge in [-0.3, -0.25) is 9.69 Å². The predicted molar refractivity (Wildman–Crippen MR) is 80.7 cm³/mol. The van der Waals surface area contributed by atoms with Crippen molar-refractivity contribution in [3.05, 3.63) is 0 Å². The molecule has 0 spiro atoms. The van der Waals surface area contributed by atoms with E-state index >= 15 is 0 Å². The van der Waals surface area contributed by atoms with E-state index in [2.05, 4.69) is 17.1 Å². The van der Waals surface area contributed by atoms with E-state index in [0.717, 1.165) is 19.3 Å². The second-order valence-electron chi connectivity index (χ2n) is 6.24. The Bertz CT molecular complexity index is 334. The number of hydrogen-bond acceptors (Lipinski definition) is 4. The van der Waals surface area contributed by atoms with E-state index in [1.54, 1.807) is 0 Å². The molecule has 0 aromatic heterocycles. The van der Waals surface area contributed by atoms with Crippen molar-refractivity contribution in [2.45, 2.75) is 76.4 Å². The summed E-state index contributed by atoms with van der Waals surface area (Å²) >= 11 is 0. The summed E-state index contributed by atoms with van der Waals surface area (Å²) in [5, 5.41) is 3.26. The molecule has 3 unspecified atom stereocenters. The molecule has 2 fully saturated rings. The van der Waals surface area contributed by atoms with Crippen LogP contribution in [0.1, 0.15) is 58.8 Å². The van der Waals surface area contributed by atoms with Gasteiger partial charge < -0.3 is 10.1 Å². The maximum Gasteiger partial charge on any atom is 0.326 e. The highest BCUT2D eigenvalue weighted by atomic mass is 16.5. The van der Waals surface area contributed by atoms with Gasteiger partial charge in [0.15, 0.2) is 0 Å². The van der Waals surface area contributed by atoms with Gasteiger partial charge in [0.25, 0.3) is 0 Å². The van der Waals surface area contributed by atoms with Crippen LogP contribution in [0, 0.1) is 0 Å². The highest BCUT2D eigenvalue weighted by Crippen LogP contribution is 2.37. The van der Waals surface area contributed by atoms with E-state index in [-0.39, 0.29) is 5.97 Å². The number of piperidine rings is 1. The number of rotatable bonds is 5. The van der Waals surface area contributed by atoms with Gasteiger partial charge in [0.2, 0.25) is 0 Å². The molecule has 3 atom stereocenters. The maximum absolute atomic E-state index is 12.3. The fourth-order valence-corrected chi connectivity index (χ4v) is 4.03. The number of likely N-dealkylation sites (tertiary alicyclic amines) is 1. The van der Waals surface area contributed by atoms with E-state index in [4.69, 9.17) is 4.74 Å². The Morgan fingerprint density at radius 3 is 2.80 bits per heavy atom. The van der Waals surface area contributed by atoms with Crippen LogP contribution in [0.3, 0.4) is 0 Å². The summed E-state index contributed by atoms with van der Waals surface area (Å²) in [6.07, 6.45) is 8.12. The molecule has 2 aliphatic rings.